The van der Waals surface area contributed by atoms with Crippen LogP contribution < -0.4 is 0 Å². The summed E-state index contributed by atoms with van der Waals surface area (Å²) in [4.78, 5) is 0. The van der Waals surface area contributed by atoms with Crippen LogP contribution in [-0.4, -0.2) is 33.2 Å². The summed E-state index contributed by atoms with van der Waals surface area (Å²) in [5.41, 5.74) is 0. The van der Waals surface area contributed by atoms with Gasteiger partial charge in [-0.3, -0.25) is 0 Å². The Morgan fingerprint density at radius 2 is 1.08 bits per heavy atom. The summed E-state index contributed by atoms with van der Waals surface area (Å²) in [5, 5.41) is 5.90. The number of rotatable bonds is 2. The van der Waals surface area contributed by atoms with Gasteiger partial charge in [0.1, 0.15) is 0 Å². The van der Waals surface area contributed by atoms with Crippen LogP contribution in [0.15, 0.2) is 0 Å². The van der Waals surface area contributed by atoms with Gasteiger partial charge in [-0.1, -0.05) is 0 Å². The van der Waals surface area contributed by atoms with E-state index in [1.807, 2.05) is 0 Å². The van der Waals surface area contributed by atoms with Gasteiger partial charge in [0.15, 0.2) is 0 Å². The Bertz CT molecular complexity index is 188. The van der Waals surface area contributed by atoms with Gasteiger partial charge < -0.3 is 0 Å². The standard InChI is InChI=1S/C10H20S2/c1-11(9-3-4-9)7-12(2,8-11)10-5-6-10/h9-10H,3-8H2,1-2H3. The Morgan fingerprint density at radius 3 is 1.33 bits per heavy atom. The van der Waals surface area contributed by atoms with E-state index in [1.165, 1.54) is 10.5 Å². The molecule has 0 aromatic rings. The van der Waals surface area contributed by atoms with Gasteiger partial charge in [0.05, 0.1) is 0 Å². The normalized spacial score (nSPS) is 64.2. The molecule has 1 saturated heterocycles. The predicted octanol–water partition coefficient (Wildman–Crippen LogP) is 3.11. The van der Waals surface area contributed by atoms with Crippen LogP contribution in [-0.2, 0) is 0 Å². The quantitative estimate of drug-likeness (QED) is 0.648. The highest BCUT2D eigenvalue weighted by Crippen LogP contribution is 2.84. The highest BCUT2D eigenvalue weighted by atomic mass is 32.4. The second-order valence-corrected chi connectivity index (χ2v) is 14.0. The van der Waals surface area contributed by atoms with E-state index in [2.05, 4.69) is 12.5 Å². The molecule has 3 aliphatic rings. The number of hydrogen-bond acceptors (Lipinski definition) is 0. The maximum absolute atomic E-state index is 2.64. The molecule has 0 amide bonds. The molecule has 1 aliphatic heterocycles. The van der Waals surface area contributed by atoms with Crippen LogP contribution in [0, 0.1) is 0 Å². The van der Waals surface area contributed by atoms with Crippen LogP contribution in [0.4, 0.5) is 0 Å². The maximum Gasteiger partial charge on any atom is 0.00904 e. The summed E-state index contributed by atoms with van der Waals surface area (Å²) in [6, 6.07) is 0. The topological polar surface area (TPSA) is 0 Å². The molecule has 12 heavy (non-hydrogen) atoms. The minimum Gasteiger partial charge on any atom is -0.226 e. The highest BCUT2D eigenvalue weighted by Gasteiger charge is 2.54. The third-order valence-corrected chi connectivity index (χ3v) is 16.5. The van der Waals surface area contributed by atoms with E-state index in [0.717, 1.165) is 0 Å². The molecule has 0 spiro atoms. The van der Waals surface area contributed by atoms with Crippen LogP contribution in [0.2, 0.25) is 0 Å². The lowest BCUT2D eigenvalue weighted by molar-refractivity contribution is 1.39. The molecule has 0 aromatic carbocycles. The van der Waals surface area contributed by atoms with E-state index < -0.39 is 0 Å². The Morgan fingerprint density at radius 1 is 0.750 bits per heavy atom. The third-order valence-electron chi connectivity index (χ3n) is 3.74. The molecule has 1 heterocycles. The van der Waals surface area contributed by atoms with E-state index >= 15 is 0 Å². The van der Waals surface area contributed by atoms with Gasteiger partial charge in [0.25, 0.3) is 0 Å². The van der Waals surface area contributed by atoms with Crippen molar-refractivity contribution in [2.45, 2.75) is 36.2 Å². The van der Waals surface area contributed by atoms with Crippen molar-refractivity contribution in [3.8, 4) is 0 Å². The Kier molecular flexibility index (Phi) is 1.47. The lowest BCUT2D eigenvalue weighted by Gasteiger charge is -2.62. The fraction of sp³-hybridized carbons (Fsp3) is 1.00. The van der Waals surface area contributed by atoms with Gasteiger partial charge in [0.2, 0.25) is 0 Å². The fourth-order valence-corrected chi connectivity index (χ4v) is 18.0. The molecule has 0 atom stereocenters. The largest absolute Gasteiger partial charge is 0.226 e. The highest BCUT2D eigenvalue weighted by molar-refractivity contribution is 8.63. The zero-order valence-electron chi connectivity index (χ0n) is 8.21. The smallest absolute Gasteiger partial charge is 0.00904 e. The first kappa shape index (κ1) is 8.05. The summed E-state index contributed by atoms with van der Waals surface area (Å²) in [6.07, 6.45) is 11.6. The molecule has 0 N–H and O–H groups in total. The summed E-state index contributed by atoms with van der Waals surface area (Å²) in [6.45, 7) is 0. The van der Waals surface area contributed by atoms with Gasteiger partial charge in [-0.05, 0) is 48.7 Å². The first-order valence-electron chi connectivity index (χ1n) is 5.08. The monoisotopic (exact) mass is 204 g/mol. The molecule has 72 valence electrons. The van der Waals surface area contributed by atoms with Crippen LogP contribution in [0.3, 0.4) is 0 Å². The van der Waals surface area contributed by atoms with Gasteiger partial charge >= 0.3 is 0 Å². The molecule has 0 bridgehead atoms. The van der Waals surface area contributed by atoms with Crippen molar-refractivity contribution >= 4 is 20.1 Å². The van der Waals surface area contributed by atoms with Gasteiger partial charge in [-0.25, -0.2) is 20.1 Å². The minimum atomic E-state index is -0.0200. The van der Waals surface area contributed by atoms with E-state index in [1.54, 1.807) is 35.9 Å². The average molecular weight is 204 g/mol. The van der Waals surface area contributed by atoms with Gasteiger partial charge in [-0.2, -0.15) is 0 Å². The molecule has 0 aromatic heterocycles. The van der Waals surface area contributed by atoms with Crippen molar-refractivity contribution in [3.63, 3.8) is 0 Å². The number of hydrogen-bond donors (Lipinski definition) is 0. The maximum atomic E-state index is 2.64. The predicted molar refractivity (Wildman–Crippen MR) is 62.8 cm³/mol. The van der Waals surface area contributed by atoms with Crippen molar-refractivity contribution < 1.29 is 0 Å². The first-order chi connectivity index (χ1) is 5.62. The molecule has 3 fully saturated rings. The summed E-state index contributed by atoms with van der Waals surface area (Å²) < 4.78 is 0. The molecule has 2 saturated carbocycles. The lowest BCUT2D eigenvalue weighted by Crippen LogP contribution is -2.34. The van der Waals surface area contributed by atoms with Gasteiger partial charge in [-0.15, -0.1) is 0 Å². The molecular formula is C10H20S2. The Hall–Kier alpha value is 0.700. The second-order valence-electron chi connectivity index (χ2n) is 5.34. The SMILES string of the molecule is CS1(C2CC2)CS(C)(C2CC2)C1. The Balaban J connectivity index is 1.68. The molecule has 0 radical (unpaired) electrons. The van der Waals surface area contributed by atoms with Crippen LogP contribution in [0.5, 0.6) is 0 Å². The molecule has 0 nitrogen and oxygen atoms in total. The molecule has 2 aliphatic carbocycles. The fourth-order valence-electron chi connectivity index (χ4n) is 2.85. The molecular weight excluding hydrogens is 184 g/mol. The Labute approximate surface area is 79.1 Å². The zero-order chi connectivity index (χ0) is 8.40. The van der Waals surface area contributed by atoms with Crippen molar-refractivity contribution in [2.24, 2.45) is 0 Å². The summed E-state index contributed by atoms with van der Waals surface area (Å²) in [5.74, 6) is 0. The average Bonchev–Trinajstić information content (AvgIpc) is 2.80. The van der Waals surface area contributed by atoms with Crippen molar-refractivity contribution in [1.29, 1.82) is 0 Å². The van der Waals surface area contributed by atoms with E-state index in [4.69, 9.17) is 0 Å². The summed E-state index contributed by atoms with van der Waals surface area (Å²) in [7, 11) is -0.0401. The third kappa shape index (κ3) is 1.07. The van der Waals surface area contributed by atoms with Crippen molar-refractivity contribution in [1.82, 2.24) is 0 Å². The van der Waals surface area contributed by atoms with Crippen molar-refractivity contribution in [3.05, 3.63) is 0 Å². The van der Waals surface area contributed by atoms with E-state index in [9.17, 15) is 0 Å². The van der Waals surface area contributed by atoms with Crippen LogP contribution >= 0.6 is 20.1 Å². The molecule has 0 unspecified atom stereocenters. The van der Waals surface area contributed by atoms with Crippen molar-refractivity contribution in [2.75, 3.05) is 22.7 Å². The van der Waals surface area contributed by atoms with E-state index in [-0.39, 0.29) is 20.1 Å². The minimum absolute atomic E-state index is 0.0200. The second kappa shape index (κ2) is 2.20. The lowest BCUT2D eigenvalue weighted by atomic mass is 11.0. The van der Waals surface area contributed by atoms with Gasteiger partial charge in [0, 0.05) is 10.2 Å². The molecule has 2 heteroatoms. The zero-order valence-corrected chi connectivity index (χ0v) is 9.85. The van der Waals surface area contributed by atoms with Crippen LogP contribution in [0.1, 0.15) is 25.7 Å². The van der Waals surface area contributed by atoms with Crippen LogP contribution in [0.25, 0.3) is 0 Å². The first-order valence-corrected chi connectivity index (χ1v) is 9.96. The summed E-state index contributed by atoms with van der Waals surface area (Å²) >= 11 is 0. The molecule has 3 rings (SSSR count). The van der Waals surface area contributed by atoms with E-state index in [0.29, 0.717) is 0 Å².